The third-order valence-electron chi connectivity index (χ3n) is 5.82. The van der Waals surface area contributed by atoms with Gasteiger partial charge in [0.2, 0.25) is 5.95 Å². The summed E-state index contributed by atoms with van der Waals surface area (Å²) in [4.78, 5) is 18.4. The molecular formula is C24H29FN4O4S. The second-order valence-corrected chi connectivity index (χ2v) is 11.6. The number of hydrogen-bond donors (Lipinski definition) is 1. The van der Waals surface area contributed by atoms with E-state index in [1.807, 2.05) is 43.5 Å². The average molecular weight is 489 g/mol. The number of likely N-dealkylation sites (tertiary alicyclic amines) is 1. The first-order valence-electron chi connectivity index (χ1n) is 11.1. The molecule has 0 atom stereocenters. The van der Waals surface area contributed by atoms with E-state index in [-0.39, 0.29) is 22.6 Å². The van der Waals surface area contributed by atoms with E-state index >= 15 is 0 Å². The molecule has 8 nitrogen and oxygen atoms in total. The number of hydrogen-bond acceptors (Lipinski definition) is 6. The van der Waals surface area contributed by atoms with Gasteiger partial charge in [-0.25, -0.2) is 22.6 Å². The van der Waals surface area contributed by atoms with Crippen molar-refractivity contribution in [3.63, 3.8) is 0 Å². The molecule has 3 heterocycles. The van der Waals surface area contributed by atoms with Crippen molar-refractivity contribution >= 4 is 33.1 Å². The lowest BCUT2D eigenvalue weighted by Gasteiger charge is -2.33. The lowest BCUT2D eigenvalue weighted by Crippen LogP contribution is -2.41. The van der Waals surface area contributed by atoms with E-state index in [0.717, 1.165) is 36.2 Å². The van der Waals surface area contributed by atoms with Crippen molar-refractivity contribution in [2.45, 2.75) is 50.0 Å². The molecule has 10 heteroatoms. The van der Waals surface area contributed by atoms with Gasteiger partial charge in [-0.05, 0) is 75.4 Å². The Morgan fingerprint density at radius 2 is 1.88 bits per heavy atom. The zero-order chi connectivity index (χ0) is 24.7. The second kappa shape index (κ2) is 8.90. The third kappa shape index (κ3) is 5.16. The number of amides is 1. The Morgan fingerprint density at radius 1 is 1.18 bits per heavy atom. The van der Waals surface area contributed by atoms with Crippen molar-refractivity contribution in [1.82, 2.24) is 14.3 Å². The van der Waals surface area contributed by atoms with E-state index in [1.165, 1.54) is 12.1 Å². The molecule has 0 aliphatic carbocycles. The van der Waals surface area contributed by atoms with Crippen molar-refractivity contribution in [2.24, 2.45) is 0 Å². The molecule has 0 spiro atoms. The number of nitrogens with zero attached hydrogens (tertiary/aromatic N) is 3. The predicted octanol–water partition coefficient (Wildman–Crippen LogP) is 4.74. The molecule has 1 amide bonds. The van der Waals surface area contributed by atoms with Crippen LogP contribution in [0.3, 0.4) is 0 Å². The predicted molar refractivity (Wildman–Crippen MR) is 128 cm³/mol. The van der Waals surface area contributed by atoms with Gasteiger partial charge in [0.05, 0.1) is 16.1 Å². The molecule has 3 aromatic rings. The van der Waals surface area contributed by atoms with Gasteiger partial charge in [0, 0.05) is 31.7 Å². The maximum absolute atomic E-state index is 14.6. The molecule has 0 radical (unpaired) electrons. The number of nitrogens with one attached hydrogen (secondary N) is 1. The number of carbonyl (C=O) groups is 1. The average Bonchev–Trinajstić information content (AvgIpc) is 3.18. The number of ether oxygens (including phenoxy) is 1. The lowest BCUT2D eigenvalue weighted by molar-refractivity contribution is 0.0205. The first-order chi connectivity index (χ1) is 15.9. The first kappa shape index (κ1) is 24.0. The molecule has 0 saturated carbocycles. The monoisotopic (exact) mass is 488 g/mol. The van der Waals surface area contributed by atoms with Crippen molar-refractivity contribution in [1.29, 1.82) is 0 Å². The number of rotatable bonds is 4. The van der Waals surface area contributed by atoms with Gasteiger partial charge < -0.3 is 15.0 Å². The highest BCUT2D eigenvalue weighted by molar-refractivity contribution is 7.90. The van der Waals surface area contributed by atoms with Crippen LogP contribution >= 0.6 is 0 Å². The third-order valence-corrected chi connectivity index (χ3v) is 6.93. The number of anilines is 2. The Labute approximate surface area is 198 Å². The second-order valence-electron chi connectivity index (χ2n) is 9.58. The minimum atomic E-state index is -3.50. The van der Waals surface area contributed by atoms with Crippen LogP contribution < -0.4 is 5.32 Å². The Bertz CT molecular complexity index is 1320. The van der Waals surface area contributed by atoms with Gasteiger partial charge in [0.1, 0.15) is 11.4 Å². The van der Waals surface area contributed by atoms with Crippen LogP contribution in [0.2, 0.25) is 0 Å². The summed E-state index contributed by atoms with van der Waals surface area (Å²) in [5.74, 6) is 0.00860. The summed E-state index contributed by atoms with van der Waals surface area (Å²) >= 11 is 0. The molecule has 1 aromatic carbocycles. The van der Waals surface area contributed by atoms with E-state index in [0.29, 0.717) is 19.0 Å². The fraction of sp³-hybridized carbons (Fsp3) is 0.417. The van der Waals surface area contributed by atoms with E-state index < -0.39 is 21.3 Å². The summed E-state index contributed by atoms with van der Waals surface area (Å²) in [5, 5.41) is 2.97. The number of sulfone groups is 1. The standard InChI is InChI=1S/C24H29FN4O4S/c1-24(2,3)33-23(30)28-12-8-16(9-13-28)18-10-14-29-21(18)7-11-26-22(29)27-20-6-5-17(15-19(20)25)34(4,31)32/h5-7,10-11,14-16H,8-9,12-13H2,1-4H3,(H,26,27). The fourth-order valence-corrected chi connectivity index (χ4v) is 4.78. The van der Waals surface area contributed by atoms with Crippen LogP contribution in [0, 0.1) is 5.82 Å². The van der Waals surface area contributed by atoms with Crippen molar-refractivity contribution < 1.29 is 22.3 Å². The molecule has 1 aliphatic rings. The number of piperidine rings is 1. The number of halogens is 1. The van der Waals surface area contributed by atoms with Crippen LogP contribution in [-0.2, 0) is 14.6 Å². The number of carbonyl (C=O) groups excluding carboxylic acids is 1. The fourth-order valence-electron chi connectivity index (χ4n) is 4.15. The van der Waals surface area contributed by atoms with Gasteiger partial charge in [-0.1, -0.05) is 0 Å². The number of aromatic nitrogens is 2. The smallest absolute Gasteiger partial charge is 0.410 e. The van der Waals surface area contributed by atoms with Gasteiger partial charge in [-0.2, -0.15) is 0 Å². The molecular weight excluding hydrogens is 459 g/mol. The molecule has 1 N–H and O–H groups in total. The summed E-state index contributed by atoms with van der Waals surface area (Å²) < 4.78 is 45.2. The molecule has 1 fully saturated rings. The number of benzene rings is 1. The Balaban J connectivity index is 1.51. The quantitative estimate of drug-likeness (QED) is 0.571. The number of fused-ring (bicyclic) bond motifs is 1. The van der Waals surface area contributed by atoms with Crippen LogP contribution in [-0.4, -0.2) is 53.7 Å². The summed E-state index contributed by atoms with van der Waals surface area (Å²) in [7, 11) is -3.50. The Morgan fingerprint density at radius 3 is 2.50 bits per heavy atom. The first-order valence-corrected chi connectivity index (χ1v) is 13.0. The summed E-state index contributed by atoms with van der Waals surface area (Å²) in [6, 6.07) is 7.68. The van der Waals surface area contributed by atoms with Crippen molar-refractivity contribution in [2.75, 3.05) is 24.7 Å². The minimum absolute atomic E-state index is 0.0808. The van der Waals surface area contributed by atoms with Gasteiger partial charge in [0.25, 0.3) is 0 Å². The van der Waals surface area contributed by atoms with E-state index in [4.69, 9.17) is 4.74 Å². The highest BCUT2D eigenvalue weighted by Gasteiger charge is 2.28. The molecule has 2 aromatic heterocycles. The maximum atomic E-state index is 14.6. The summed E-state index contributed by atoms with van der Waals surface area (Å²) in [6.45, 7) is 6.81. The van der Waals surface area contributed by atoms with E-state index in [2.05, 4.69) is 10.3 Å². The van der Waals surface area contributed by atoms with Gasteiger partial charge in [-0.3, -0.25) is 4.40 Å². The van der Waals surface area contributed by atoms with Crippen LogP contribution in [0.5, 0.6) is 0 Å². The lowest BCUT2D eigenvalue weighted by atomic mass is 9.90. The van der Waals surface area contributed by atoms with Crippen LogP contribution in [0.1, 0.15) is 45.1 Å². The van der Waals surface area contributed by atoms with Crippen molar-refractivity contribution in [3.05, 3.63) is 54.1 Å². The highest BCUT2D eigenvalue weighted by Crippen LogP contribution is 2.33. The van der Waals surface area contributed by atoms with Crippen LogP contribution in [0.15, 0.2) is 47.6 Å². The Kier molecular flexibility index (Phi) is 6.28. The molecule has 182 valence electrons. The maximum Gasteiger partial charge on any atom is 0.410 e. The van der Waals surface area contributed by atoms with Crippen molar-refractivity contribution in [3.8, 4) is 0 Å². The van der Waals surface area contributed by atoms with E-state index in [1.54, 1.807) is 11.1 Å². The van der Waals surface area contributed by atoms with Crippen LogP contribution in [0.4, 0.5) is 20.8 Å². The zero-order valence-electron chi connectivity index (χ0n) is 19.7. The zero-order valence-corrected chi connectivity index (χ0v) is 20.5. The molecule has 0 bridgehead atoms. The van der Waals surface area contributed by atoms with Gasteiger partial charge >= 0.3 is 6.09 Å². The normalized spacial score (nSPS) is 15.5. The largest absolute Gasteiger partial charge is 0.444 e. The van der Waals surface area contributed by atoms with Crippen LogP contribution in [0.25, 0.3) is 5.52 Å². The molecule has 1 aliphatic heterocycles. The topological polar surface area (TPSA) is 93.0 Å². The van der Waals surface area contributed by atoms with Gasteiger partial charge in [0.15, 0.2) is 9.84 Å². The highest BCUT2D eigenvalue weighted by atomic mass is 32.2. The molecule has 0 unspecified atom stereocenters. The molecule has 34 heavy (non-hydrogen) atoms. The SMILES string of the molecule is CC(C)(C)OC(=O)N1CCC(c2ccn3c(Nc4ccc(S(C)(=O)=O)cc4F)nccc23)CC1. The Hall–Kier alpha value is -3.14. The minimum Gasteiger partial charge on any atom is -0.444 e. The van der Waals surface area contributed by atoms with E-state index in [9.17, 15) is 17.6 Å². The molecule has 4 rings (SSSR count). The summed E-state index contributed by atoms with van der Waals surface area (Å²) in [6.07, 6.45) is 5.91. The summed E-state index contributed by atoms with van der Waals surface area (Å²) in [5.41, 5.74) is 1.70. The van der Waals surface area contributed by atoms with Gasteiger partial charge in [-0.15, -0.1) is 0 Å². The molecule has 1 saturated heterocycles.